The van der Waals surface area contributed by atoms with E-state index in [1.165, 1.54) is 6.42 Å². The highest BCUT2D eigenvalue weighted by Crippen LogP contribution is 2.37. The van der Waals surface area contributed by atoms with Crippen LogP contribution < -0.4 is 9.64 Å². The molecule has 3 heterocycles. The number of anilines is 2. The number of aromatic amines is 1. The molecule has 2 aliphatic heterocycles. The van der Waals surface area contributed by atoms with Crippen molar-refractivity contribution in [3.63, 3.8) is 0 Å². The maximum absolute atomic E-state index is 12.9. The van der Waals surface area contributed by atoms with Crippen molar-refractivity contribution >= 4 is 23.4 Å². The molecule has 7 nitrogen and oxygen atoms in total. The maximum atomic E-state index is 12.9. The lowest BCUT2D eigenvalue weighted by Gasteiger charge is -2.29. The molecule has 1 aromatic carbocycles. The van der Waals surface area contributed by atoms with Crippen molar-refractivity contribution in [2.45, 2.75) is 45.6 Å². The first-order valence-electron chi connectivity index (χ1n) is 10.6. The van der Waals surface area contributed by atoms with Gasteiger partial charge in [-0.25, -0.2) is 4.79 Å². The van der Waals surface area contributed by atoms with E-state index in [1.54, 1.807) is 18.2 Å². The zero-order valence-corrected chi connectivity index (χ0v) is 17.9. The van der Waals surface area contributed by atoms with E-state index in [0.717, 1.165) is 37.4 Å². The second-order valence-corrected chi connectivity index (χ2v) is 8.80. The quantitative estimate of drug-likeness (QED) is 0.769. The topological polar surface area (TPSA) is 74.9 Å². The lowest BCUT2D eigenvalue weighted by molar-refractivity contribution is 0.00694. The number of hydrogen-bond donors (Lipinski definition) is 1. The number of nitrogens with zero attached hydrogens (tertiary/aromatic N) is 2. The van der Waals surface area contributed by atoms with Gasteiger partial charge in [-0.3, -0.25) is 4.79 Å². The van der Waals surface area contributed by atoms with Crippen LogP contribution in [-0.2, 0) is 4.74 Å². The summed E-state index contributed by atoms with van der Waals surface area (Å²) in [7, 11) is 0. The van der Waals surface area contributed by atoms with Gasteiger partial charge in [0.2, 0.25) is 0 Å². The van der Waals surface area contributed by atoms with Crippen LogP contribution in [0.25, 0.3) is 0 Å². The van der Waals surface area contributed by atoms with E-state index in [-0.39, 0.29) is 11.9 Å². The van der Waals surface area contributed by atoms with Gasteiger partial charge in [-0.15, -0.1) is 0 Å². The zero-order chi connectivity index (χ0) is 21.3. The van der Waals surface area contributed by atoms with E-state index in [1.807, 2.05) is 37.8 Å². The predicted molar refractivity (Wildman–Crippen MR) is 115 cm³/mol. The van der Waals surface area contributed by atoms with E-state index in [4.69, 9.17) is 9.47 Å². The van der Waals surface area contributed by atoms with E-state index in [0.29, 0.717) is 30.2 Å². The Balaban J connectivity index is 1.53. The van der Waals surface area contributed by atoms with Crippen molar-refractivity contribution in [2.24, 2.45) is 0 Å². The number of H-pyrrole nitrogens is 1. The van der Waals surface area contributed by atoms with Gasteiger partial charge in [-0.05, 0) is 64.3 Å². The predicted octanol–water partition coefficient (Wildman–Crippen LogP) is 4.13. The molecule has 1 aromatic heterocycles. The molecule has 0 radical (unpaired) electrons. The molecule has 2 aromatic rings. The highest BCUT2D eigenvalue weighted by Gasteiger charge is 2.27. The molecule has 1 amide bonds. The molecular weight excluding hydrogens is 382 g/mol. The van der Waals surface area contributed by atoms with Crippen LogP contribution in [0.3, 0.4) is 0 Å². The normalized spacial score (nSPS) is 16.6. The Morgan fingerprint density at radius 3 is 2.40 bits per heavy atom. The fraction of sp³-hybridized carbons (Fsp3) is 0.478. The second-order valence-electron chi connectivity index (χ2n) is 8.80. The Morgan fingerprint density at radius 2 is 1.73 bits per heavy atom. The van der Waals surface area contributed by atoms with Gasteiger partial charge in [0.25, 0.3) is 5.91 Å². The minimum atomic E-state index is -0.531. The van der Waals surface area contributed by atoms with Crippen LogP contribution in [-0.4, -0.2) is 53.6 Å². The average molecular weight is 412 g/mol. The van der Waals surface area contributed by atoms with E-state index >= 15 is 0 Å². The summed E-state index contributed by atoms with van der Waals surface area (Å²) in [6.07, 6.45) is 3.29. The van der Waals surface area contributed by atoms with E-state index in [2.05, 4.69) is 9.88 Å². The van der Waals surface area contributed by atoms with Crippen molar-refractivity contribution in [2.75, 3.05) is 31.1 Å². The zero-order valence-electron chi connectivity index (χ0n) is 17.9. The summed E-state index contributed by atoms with van der Waals surface area (Å²) < 4.78 is 11.2. The van der Waals surface area contributed by atoms with Crippen molar-refractivity contribution in [1.29, 1.82) is 0 Å². The average Bonchev–Trinajstić information content (AvgIpc) is 3.17. The molecule has 4 rings (SSSR count). The van der Waals surface area contributed by atoms with Crippen LogP contribution in [0, 0.1) is 0 Å². The van der Waals surface area contributed by atoms with Crippen LogP contribution in [0.2, 0.25) is 0 Å². The fourth-order valence-electron chi connectivity index (χ4n) is 3.85. The number of hydrogen-bond acceptors (Lipinski definition) is 5. The summed E-state index contributed by atoms with van der Waals surface area (Å²) in [6.45, 7) is 8.33. The van der Waals surface area contributed by atoms with Gasteiger partial charge in [0.05, 0.1) is 12.1 Å². The second kappa shape index (κ2) is 8.05. The first-order valence-corrected chi connectivity index (χ1v) is 10.6. The molecule has 1 fully saturated rings. The molecule has 1 N–H and O–H groups in total. The van der Waals surface area contributed by atoms with Gasteiger partial charge in [0.1, 0.15) is 17.9 Å². The van der Waals surface area contributed by atoms with Gasteiger partial charge in [-0.1, -0.05) is 0 Å². The summed E-state index contributed by atoms with van der Waals surface area (Å²) in [4.78, 5) is 32.4. The minimum absolute atomic E-state index is 0.0212. The van der Waals surface area contributed by atoms with Crippen LogP contribution in [0.1, 0.15) is 60.9 Å². The van der Waals surface area contributed by atoms with Gasteiger partial charge in [0, 0.05) is 24.8 Å². The highest BCUT2D eigenvalue weighted by atomic mass is 16.6. The third-order valence-corrected chi connectivity index (χ3v) is 5.29. The standard InChI is InChI=1S/C23H29N3O4/c1-23(2,3)30-22(28)16-7-9-17(10-8-16)26-13-14-29-19-15-18(24-20(19)26)21(27)25-11-5-4-6-12-25/h7-10,15,24H,4-6,11-14H2,1-3H3. The number of aromatic nitrogens is 1. The summed E-state index contributed by atoms with van der Waals surface area (Å²) in [6, 6.07) is 9.11. The Labute approximate surface area is 177 Å². The maximum Gasteiger partial charge on any atom is 0.338 e. The Morgan fingerprint density at radius 1 is 1.03 bits per heavy atom. The van der Waals surface area contributed by atoms with Crippen molar-refractivity contribution in [1.82, 2.24) is 9.88 Å². The summed E-state index contributed by atoms with van der Waals surface area (Å²) in [5.41, 5.74) is 1.45. The number of ether oxygens (including phenoxy) is 2. The van der Waals surface area contributed by atoms with Gasteiger partial charge < -0.3 is 24.3 Å². The molecule has 0 saturated carbocycles. The molecule has 0 atom stereocenters. The van der Waals surface area contributed by atoms with Gasteiger partial charge in [0.15, 0.2) is 11.6 Å². The Bertz CT molecular complexity index is 921. The summed E-state index contributed by atoms with van der Waals surface area (Å²) in [5, 5.41) is 0. The smallest absolute Gasteiger partial charge is 0.338 e. The van der Waals surface area contributed by atoms with E-state index < -0.39 is 5.60 Å². The highest BCUT2D eigenvalue weighted by molar-refractivity contribution is 5.95. The molecule has 0 unspecified atom stereocenters. The molecular formula is C23H29N3O4. The Hall–Kier alpha value is -2.96. The summed E-state index contributed by atoms with van der Waals surface area (Å²) >= 11 is 0. The third-order valence-electron chi connectivity index (χ3n) is 5.29. The number of fused-ring (bicyclic) bond motifs is 1. The number of nitrogens with one attached hydrogen (secondary N) is 1. The van der Waals surface area contributed by atoms with Crippen LogP contribution in [0.15, 0.2) is 30.3 Å². The lowest BCUT2D eigenvalue weighted by atomic mass is 10.1. The third kappa shape index (κ3) is 4.30. The van der Waals surface area contributed by atoms with Crippen LogP contribution in [0.4, 0.5) is 11.5 Å². The molecule has 2 aliphatic rings. The molecule has 1 saturated heterocycles. The van der Waals surface area contributed by atoms with Crippen molar-refractivity contribution < 1.29 is 19.1 Å². The SMILES string of the molecule is CC(C)(C)OC(=O)c1ccc(N2CCOc3cc(C(=O)N4CCCCC4)[nH]c32)cc1. The number of amides is 1. The number of esters is 1. The first-order chi connectivity index (χ1) is 14.3. The number of carbonyl (C=O) groups is 2. The molecule has 7 heteroatoms. The first kappa shape index (κ1) is 20.3. The molecule has 0 bridgehead atoms. The molecule has 160 valence electrons. The Kier molecular flexibility index (Phi) is 5.45. The van der Waals surface area contributed by atoms with Crippen LogP contribution in [0.5, 0.6) is 5.75 Å². The molecule has 0 spiro atoms. The lowest BCUT2D eigenvalue weighted by Crippen LogP contribution is -2.35. The van der Waals surface area contributed by atoms with Crippen LogP contribution >= 0.6 is 0 Å². The van der Waals surface area contributed by atoms with Gasteiger partial charge >= 0.3 is 5.97 Å². The van der Waals surface area contributed by atoms with Gasteiger partial charge in [-0.2, -0.15) is 0 Å². The van der Waals surface area contributed by atoms with Crippen molar-refractivity contribution in [3.8, 4) is 5.75 Å². The fourth-order valence-corrected chi connectivity index (χ4v) is 3.85. The van der Waals surface area contributed by atoms with Crippen molar-refractivity contribution in [3.05, 3.63) is 41.6 Å². The number of benzene rings is 1. The number of piperidine rings is 1. The number of rotatable bonds is 3. The summed E-state index contributed by atoms with van der Waals surface area (Å²) in [5.74, 6) is 1.13. The molecule has 30 heavy (non-hydrogen) atoms. The monoisotopic (exact) mass is 411 g/mol. The number of carbonyl (C=O) groups excluding carboxylic acids is 2. The molecule has 0 aliphatic carbocycles. The minimum Gasteiger partial charge on any atom is -0.488 e. The largest absolute Gasteiger partial charge is 0.488 e. The van der Waals surface area contributed by atoms with E-state index in [9.17, 15) is 9.59 Å². The number of likely N-dealkylation sites (tertiary alicyclic amines) is 1.